The van der Waals surface area contributed by atoms with E-state index in [9.17, 15) is 0 Å². The highest BCUT2D eigenvalue weighted by molar-refractivity contribution is 5.78. The van der Waals surface area contributed by atoms with E-state index in [2.05, 4.69) is 28.6 Å². The third-order valence-electron chi connectivity index (χ3n) is 3.26. The summed E-state index contributed by atoms with van der Waals surface area (Å²) in [4.78, 5) is 8.94. The van der Waals surface area contributed by atoms with E-state index in [0.29, 0.717) is 12.0 Å². The molecule has 0 aliphatic heterocycles. The lowest BCUT2D eigenvalue weighted by Gasteiger charge is -2.18. The van der Waals surface area contributed by atoms with Crippen LogP contribution < -0.4 is 5.73 Å². The molecule has 1 saturated carbocycles. The molecule has 1 fully saturated rings. The van der Waals surface area contributed by atoms with Crippen LogP contribution in [0.3, 0.4) is 0 Å². The Morgan fingerprint density at radius 1 is 1.31 bits per heavy atom. The van der Waals surface area contributed by atoms with Gasteiger partial charge in [0.1, 0.15) is 0 Å². The molecule has 1 rings (SSSR count). The predicted octanol–water partition coefficient (Wildman–Crippen LogP) is 1.13. The van der Waals surface area contributed by atoms with Crippen molar-refractivity contribution >= 4 is 5.96 Å². The minimum Gasteiger partial charge on any atom is -0.370 e. The Hall–Kier alpha value is -0.770. The lowest BCUT2D eigenvalue weighted by molar-refractivity contribution is 0.301. The van der Waals surface area contributed by atoms with Crippen molar-refractivity contribution in [2.45, 2.75) is 39.2 Å². The zero-order valence-corrected chi connectivity index (χ0v) is 10.9. The van der Waals surface area contributed by atoms with Crippen LogP contribution in [-0.4, -0.2) is 55.0 Å². The quantitative estimate of drug-likeness (QED) is 0.402. The largest absolute Gasteiger partial charge is 0.370 e. The summed E-state index contributed by atoms with van der Waals surface area (Å²) in [7, 11) is 2.04. The third kappa shape index (κ3) is 4.39. The van der Waals surface area contributed by atoms with Crippen molar-refractivity contribution in [3.63, 3.8) is 0 Å². The Bertz CT molecular complexity index is 219. The van der Waals surface area contributed by atoms with Crippen LogP contribution in [-0.2, 0) is 0 Å². The van der Waals surface area contributed by atoms with E-state index < -0.39 is 0 Å². The van der Waals surface area contributed by atoms with Crippen molar-refractivity contribution in [3.05, 3.63) is 0 Å². The van der Waals surface area contributed by atoms with Crippen LogP contribution in [0, 0.1) is 0 Å². The summed E-state index contributed by atoms with van der Waals surface area (Å²) in [6.45, 7) is 8.61. The highest BCUT2D eigenvalue weighted by atomic mass is 15.3. The SMILES string of the molecule is CCN(CC)CCCN=C(N)N(C)C1CC1. The van der Waals surface area contributed by atoms with Crippen LogP contribution in [0.15, 0.2) is 4.99 Å². The zero-order valence-electron chi connectivity index (χ0n) is 10.9. The van der Waals surface area contributed by atoms with E-state index >= 15 is 0 Å². The van der Waals surface area contributed by atoms with Gasteiger partial charge in [0, 0.05) is 19.6 Å². The average molecular weight is 226 g/mol. The summed E-state index contributed by atoms with van der Waals surface area (Å²) < 4.78 is 0. The lowest BCUT2D eigenvalue weighted by atomic mass is 10.4. The van der Waals surface area contributed by atoms with Gasteiger partial charge in [0.15, 0.2) is 5.96 Å². The third-order valence-corrected chi connectivity index (χ3v) is 3.26. The number of rotatable bonds is 7. The average Bonchev–Trinajstić information content (AvgIpc) is 3.12. The van der Waals surface area contributed by atoms with Crippen molar-refractivity contribution < 1.29 is 0 Å². The molecule has 0 bridgehead atoms. The predicted molar refractivity (Wildman–Crippen MR) is 69.7 cm³/mol. The number of guanidine groups is 1. The second-order valence-corrected chi connectivity index (χ2v) is 4.46. The number of aliphatic imine (C=N–C) groups is 1. The molecule has 0 heterocycles. The van der Waals surface area contributed by atoms with Gasteiger partial charge in [0.25, 0.3) is 0 Å². The van der Waals surface area contributed by atoms with Gasteiger partial charge in [-0.05, 0) is 38.9 Å². The van der Waals surface area contributed by atoms with Crippen LogP contribution in [0.5, 0.6) is 0 Å². The van der Waals surface area contributed by atoms with Crippen molar-refractivity contribution in [1.29, 1.82) is 0 Å². The van der Waals surface area contributed by atoms with Crippen LogP contribution >= 0.6 is 0 Å². The maximum absolute atomic E-state index is 5.90. The minimum atomic E-state index is 0.659. The number of hydrogen-bond donors (Lipinski definition) is 1. The van der Waals surface area contributed by atoms with Gasteiger partial charge < -0.3 is 15.5 Å². The summed E-state index contributed by atoms with van der Waals surface area (Å²) in [6.07, 6.45) is 3.64. The highest BCUT2D eigenvalue weighted by Crippen LogP contribution is 2.24. The van der Waals surface area contributed by atoms with Crippen molar-refractivity contribution in [2.75, 3.05) is 33.2 Å². The first-order valence-corrected chi connectivity index (χ1v) is 6.44. The zero-order chi connectivity index (χ0) is 12.0. The standard InChI is InChI=1S/C12H26N4/c1-4-16(5-2)10-6-9-14-12(13)15(3)11-7-8-11/h11H,4-10H2,1-3H3,(H2,13,14). The lowest BCUT2D eigenvalue weighted by Crippen LogP contribution is -2.36. The van der Waals surface area contributed by atoms with E-state index in [-0.39, 0.29) is 0 Å². The van der Waals surface area contributed by atoms with Crippen LogP contribution in [0.4, 0.5) is 0 Å². The maximum Gasteiger partial charge on any atom is 0.191 e. The summed E-state index contributed by atoms with van der Waals surface area (Å²) in [6, 6.07) is 0.659. The molecular formula is C12H26N4. The summed E-state index contributed by atoms with van der Waals surface area (Å²) in [5, 5.41) is 0. The molecule has 0 radical (unpaired) electrons. The molecule has 94 valence electrons. The van der Waals surface area contributed by atoms with Gasteiger partial charge in [-0.1, -0.05) is 13.8 Å². The molecule has 1 aliphatic carbocycles. The molecule has 0 atom stereocenters. The molecule has 2 N–H and O–H groups in total. The van der Waals surface area contributed by atoms with Crippen molar-refractivity contribution in [3.8, 4) is 0 Å². The smallest absolute Gasteiger partial charge is 0.191 e. The summed E-state index contributed by atoms with van der Waals surface area (Å²) in [5.74, 6) is 0.710. The maximum atomic E-state index is 5.90. The number of nitrogens with two attached hydrogens (primary N) is 1. The second kappa shape index (κ2) is 6.74. The normalized spacial score (nSPS) is 16.9. The van der Waals surface area contributed by atoms with Gasteiger partial charge in [-0.15, -0.1) is 0 Å². The van der Waals surface area contributed by atoms with E-state index in [1.807, 2.05) is 7.05 Å². The first-order chi connectivity index (χ1) is 7.69. The Balaban J connectivity index is 2.14. The van der Waals surface area contributed by atoms with Gasteiger partial charge >= 0.3 is 0 Å². The topological polar surface area (TPSA) is 44.9 Å². The van der Waals surface area contributed by atoms with E-state index in [1.54, 1.807) is 0 Å². The van der Waals surface area contributed by atoms with E-state index in [4.69, 9.17) is 5.73 Å². The summed E-state index contributed by atoms with van der Waals surface area (Å²) in [5.41, 5.74) is 5.90. The molecular weight excluding hydrogens is 200 g/mol. The second-order valence-electron chi connectivity index (χ2n) is 4.46. The van der Waals surface area contributed by atoms with Crippen LogP contribution in [0.1, 0.15) is 33.1 Å². The molecule has 0 aromatic carbocycles. The van der Waals surface area contributed by atoms with Crippen LogP contribution in [0.2, 0.25) is 0 Å². The monoisotopic (exact) mass is 226 g/mol. The van der Waals surface area contributed by atoms with E-state index in [0.717, 1.165) is 32.6 Å². The molecule has 4 heteroatoms. The molecule has 0 unspecified atom stereocenters. The Kier molecular flexibility index (Phi) is 5.60. The Labute approximate surface area is 99.5 Å². The molecule has 0 amide bonds. The van der Waals surface area contributed by atoms with Gasteiger partial charge in [0.2, 0.25) is 0 Å². The fraction of sp³-hybridized carbons (Fsp3) is 0.917. The van der Waals surface area contributed by atoms with Gasteiger partial charge in [-0.3, -0.25) is 4.99 Å². The first kappa shape index (κ1) is 13.3. The van der Waals surface area contributed by atoms with Crippen LogP contribution in [0.25, 0.3) is 0 Å². The van der Waals surface area contributed by atoms with Crippen molar-refractivity contribution in [2.24, 2.45) is 10.7 Å². The highest BCUT2D eigenvalue weighted by Gasteiger charge is 2.27. The Morgan fingerprint density at radius 3 is 2.44 bits per heavy atom. The number of nitrogens with zero attached hydrogens (tertiary/aromatic N) is 3. The first-order valence-electron chi connectivity index (χ1n) is 6.44. The molecule has 0 saturated heterocycles. The summed E-state index contributed by atoms with van der Waals surface area (Å²) >= 11 is 0. The fourth-order valence-electron chi connectivity index (χ4n) is 1.79. The van der Waals surface area contributed by atoms with E-state index in [1.165, 1.54) is 12.8 Å². The van der Waals surface area contributed by atoms with Crippen molar-refractivity contribution in [1.82, 2.24) is 9.80 Å². The molecule has 0 spiro atoms. The fourth-order valence-corrected chi connectivity index (χ4v) is 1.79. The molecule has 0 aromatic rings. The molecule has 4 nitrogen and oxygen atoms in total. The molecule has 0 aromatic heterocycles. The minimum absolute atomic E-state index is 0.659. The van der Waals surface area contributed by atoms with Gasteiger partial charge in [0.05, 0.1) is 0 Å². The number of hydrogen-bond acceptors (Lipinski definition) is 2. The van der Waals surface area contributed by atoms with Gasteiger partial charge in [-0.25, -0.2) is 0 Å². The Morgan fingerprint density at radius 2 is 1.94 bits per heavy atom. The van der Waals surface area contributed by atoms with Gasteiger partial charge in [-0.2, -0.15) is 0 Å². The molecule has 1 aliphatic rings. The molecule has 16 heavy (non-hydrogen) atoms.